The van der Waals surface area contributed by atoms with Crippen LogP contribution in [0.2, 0.25) is 0 Å². The summed E-state index contributed by atoms with van der Waals surface area (Å²) in [6.45, 7) is 11.0. The molecule has 2 rings (SSSR count). The van der Waals surface area contributed by atoms with Gasteiger partial charge >= 0.3 is 0 Å². The summed E-state index contributed by atoms with van der Waals surface area (Å²) >= 11 is 0. The second-order valence-corrected chi connectivity index (χ2v) is 6.71. The number of nitrogens with zero attached hydrogens (tertiary/aromatic N) is 1. The molecular weight excluding hydrogens is 220 g/mol. The second-order valence-electron chi connectivity index (χ2n) is 6.71. The van der Waals surface area contributed by atoms with Gasteiger partial charge in [-0.2, -0.15) is 0 Å². The molecule has 1 saturated heterocycles. The first kappa shape index (κ1) is 14.3. The van der Waals surface area contributed by atoms with Crippen LogP contribution in [0.4, 0.5) is 0 Å². The van der Waals surface area contributed by atoms with Crippen LogP contribution in [0.5, 0.6) is 0 Å². The summed E-state index contributed by atoms with van der Waals surface area (Å²) in [4.78, 5) is 2.80. The number of hydrogen-bond donors (Lipinski definition) is 1. The van der Waals surface area contributed by atoms with Gasteiger partial charge in [-0.25, -0.2) is 0 Å². The van der Waals surface area contributed by atoms with Crippen molar-refractivity contribution in [2.75, 3.05) is 19.6 Å². The van der Waals surface area contributed by atoms with Crippen molar-refractivity contribution in [1.29, 1.82) is 0 Å². The van der Waals surface area contributed by atoms with E-state index in [9.17, 15) is 0 Å². The smallest absolute Gasteiger partial charge is 0.0195 e. The van der Waals surface area contributed by atoms with Gasteiger partial charge in [0.2, 0.25) is 0 Å². The molecule has 18 heavy (non-hydrogen) atoms. The van der Waals surface area contributed by atoms with Crippen LogP contribution >= 0.6 is 0 Å². The maximum atomic E-state index is 3.66. The van der Waals surface area contributed by atoms with Gasteiger partial charge in [0, 0.05) is 18.6 Å². The summed E-state index contributed by atoms with van der Waals surface area (Å²) in [6, 6.07) is 1.63. The van der Waals surface area contributed by atoms with Crippen molar-refractivity contribution in [2.24, 2.45) is 11.8 Å². The third kappa shape index (κ3) is 3.71. The van der Waals surface area contributed by atoms with Crippen LogP contribution in [-0.2, 0) is 0 Å². The van der Waals surface area contributed by atoms with Crippen molar-refractivity contribution in [2.45, 2.75) is 71.4 Å². The Morgan fingerprint density at radius 2 is 1.94 bits per heavy atom. The monoisotopic (exact) mass is 252 g/mol. The molecule has 106 valence electrons. The van der Waals surface area contributed by atoms with Crippen molar-refractivity contribution in [3.63, 3.8) is 0 Å². The molecule has 0 radical (unpaired) electrons. The van der Waals surface area contributed by atoms with E-state index in [-0.39, 0.29) is 0 Å². The van der Waals surface area contributed by atoms with Crippen LogP contribution < -0.4 is 5.32 Å². The van der Waals surface area contributed by atoms with Crippen molar-refractivity contribution in [3.8, 4) is 0 Å². The van der Waals surface area contributed by atoms with Gasteiger partial charge in [-0.1, -0.05) is 20.8 Å². The SMILES string of the molecule is CCCN(CC1CCCN1)C1CCC(C)C(C)C1. The summed E-state index contributed by atoms with van der Waals surface area (Å²) in [7, 11) is 0. The Kier molecular flexibility index (Phi) is 5.50. The van der Waals surface area contributed by atoms with Crippen molar-refractivity contribution >= 4 is 0 Å². The zero-order valence-corrected chi connectivity index (χ0v) is 12.6. The van der Waals surface area contributed by atoms with Gasteiger partial charge in [-0.15, -0.1) is 0 Å². The average molecular weight is 252 g/mol. The Hall–Kier alpha value is -0.0800. The lowest BCUT2D eigenvalue weighted by Gasteiger charge is -2.40. The van der Waals surface area contributed by atoms with Gasteiger partial charge in [-0.05, 0) is 63.5 Å². The molecule has 0 spiro atoms. The molecule has 1 N–H and O–H groups in total. The number of hydrogen-bond acceptors (Lipinski definition) is 2. The summed E-state index contributed by atoms with van der Waals surface area (Å²) in [5, 5.41) is 3.66. The fourth-order valence-electron chi connectivity index (χ4n) is 3.76. The maximum absolute atomic E-state index is 3.66. The van der Waals surface area contributed by atoms with E-state index in [1.54, 1.807) is 0 Å². The minimum absolute atomic E-state index is 0.770. The van der Waals surface area contributed by atoms with Crippen LogP contribution in [0, 0.1) is 11.8 Å². The quantitative estimate of drug-likeness (QED) is 0.808. The topological polar surface area (TPSA) is 15.3 Å². The summed E-state index contributed by atoms with van der Waals surface area (Å²) in [5.41, 5.74) is 0. The molecule has 2 heteroatoms. The van der Waals surface area contributed by atoms with E-state index in [4.69, 9.17) is 0 Å². The molecule has 1 aliphatic carbocycles. The van der Waals surface area contributed by atoms with E-state index in [1.807, 2.05) is 0 Å². The standard InChI is InChI=1S/C16H32N2/c1-4-10-18(12-15-6-5-9-17-15)16-8-7-13(2)14(3)11-16/h13-17H,4-12H2,1-3H3. The first-order valence-corrected chi connectivity index (χ1v) is 8.18. The van der Waals surface area contributed by atoms with E-state index in [1.165, 1.54) is 58.2 Å². The van der Waals surface area contributed by atoms with Crippen molar-refractivity contribution < 1.29 is 0 Å². The maximum Gasteiger partial charge on any atom is 0.0195 e. The highest BCUT2D eigenvalue weighted by Gasteiger charge is 2.29. The molecule has 0 bridgehead atoms. The van der Waals surface area contributed by atoms with Gasteiger partial charge in [-0.3, -0.25) is 4.90 Å². The fraction of sp³-hybridized carbons (Fsp3) is 1.00. The van der Waals surface area contributed by atoms with E-state index in [0.717, 1.165) is 23.9 Å². The molecule has 1 aliphatic heterocycles. The molecular formula is C16H32N2. The summed E-state index contributed by atoms with van der Waals surface area (Å²) < 4.78 is 0. The molecule has 2 aliphatic rings. The molecule has 0 aromatic rings. The fourth-order valence-corrected chi connectivity index (χ4v) is 3.76. The third-order valence-corrected chi connectivity index (χ3v) is 5.21. The lowest BCUT2D eigenvalue weighted by molar-refractivity contribution is 0.101. The highest BCUT2D eigenvalue weighted by atomic mass is 15.2. The lowest BCUT2D eigenvalue weighted by Crippen LogP contribution is -2.46. The predicted molar refractivity (Wildman–Crippen MR) is 78.9 cm³/mol. The van der Waals surface area contributed by atoms with Crippen LogP contribution in [0.25, 0.3) is 0 Å². The normalized spacial score (nSPS) is 37.3. The highest BCUT2D eigenvalue weighted by molar-refractivity contribution is 4.85. The molecule has 0 aromatic heterocycles. The largest absolute Gasteiger partial charge is 0.313 e. The van der Waals surface area contributed by atoms with E-state index < -0.39 is 0 Å². The molecule has 0 aromatic carbocycles. The zero-order valence-electron chi connectivity index (χ0n) is 12.6. The van der Waals surface area contributed by atoms with Crippen molar-refractivity contribution in [3.05, 3.63) is 0 Å². The van der Waals surface area contributed by atoms with E-state index in [2.05, 4.69) is 31.0 Å². The Morgan fingerprint density at radius 1 is 1.11 bits per heavy atom. The predicted octanol–water partition coefficient (Wildman–Crippen LogP) is 3.28. The Bertz CT molecular complexity index is 235. The average Bonchev–Trinajstić information content (AvgIpc) is 2.85. The number of rotatable bonds is 5. The molecule has 1 saturated carbocycles. The van der Waals surface area contributed by atoms with Gasteiger partial charge in [0.1, 0.15) is 0 Å². The Balaban J connectivity index is 1.87. The van der Waals surface area contributed by atoms with Gasteiger partial charge in [0.15, 0.2) is 0 Å². The van der Waals surface area contributed by atoms with Crippen LogP contribution in [-0.4, -0.2) is 36.6 Å². The first-order chi connectivity index (χ1) is 8.70. The number of nitrogens with one attached hydrogen (secondary N) is 1. The van der Waals surface area contributed by atoms with E-state index in [0.29, 0.717) is 0 Å². The molecule has 2 fully saturated rings. The molecule has 1 heterocycles. The van der Waals surface area contributed by atoms with Crippen molar-refractivity contribution in [1.82, 2.24) is 10.2 Å². The summed E-state index contributed by atoms with van der Waals surface area (Å²) in [5.74, 6) is 1.86. The first-order valence-electron chi connectivity index (χ1n) is 8.18. The van der Waals surface area contributed by atoms with E-state index >= 15 is 0 Å². The van der Waals surface area contributed by atoms with Crippen LogP contribution in [0.15, 0.2) is 0 Å². The lowest BCUT2D eigenvalue weighted by atomic mass is 9.78. The van der Waals surface area contributed by atoms with Gasteiger partial charge < -0.3 is 5.32 Å². The van der Waals surface area contributed by atoms with Gasteiger partial charge in [0.05, 0.1) is 0 Å². The molecule has 4 unspecified atom stereocenters. The molecule has 4 atom stereocenters. The van der Waals surface area contributed by atoms with Crippen LogP contribution in [0.1, 0.15) is 59.3 Å². The molecule has 0 amide bonds. The minimum atomic E-state index is 0.770. The Morgan fingerprint density at radius 3 is 2.56 bits per heavy atom. The third-order valence-electron chi connectivity index (χ3n) is 5.21. The zero-order chi connectivity index (χ0) is 13.0. The second kappa shape index (κ2) is 6.91. The Labute approximate surface area is 114 Å². The minimum Gasteiger partial charge on any atom is -0.313 e. The van der Waals surface area contributed by atoms with Gasteiger partial charge in [0.25, 0.3) is 0 Å². The highest BCUT2D eigenvalue weighted by Crippen LogP contribution is 2.32. The summed E-state index contributed by atoms with van der Waals surface area (Å²) in [6.07, 6.45) is 8.35. The molecule has 2 nitrogen and oxygen atoms in total. The van der Waals surface area contributed by atoms with Crippen LogP contribution in [0.3, 0.4) is 0 Å².